The molecule has 2 aliphatic heterocycles. The van der Waals surface area contributed by atoms with E-state index in [9.17, 15) is 4.79 Å². The molecule has 2 heterocycles. The summed E-state index contributed by atoms with van der Waals surface area (Å²) in [5.74, 6) is 0.867. The van der Waals surface area contributed by atoms with Gasteiger partial charge in [-0.15, -0.1) is 11.6 Å². The van der Waals surface area contributed by atoms with Crippen molar-refractivity contribution in [1.29, 1.82) is 5.26 Å². The third-order valence-electron chi connectivity index (χ3n) is 7.34. The van der Waals surface area contributed by atoms with Gasteiger partial charge in [-0.2, -0.15) is 5.26 Å². The minimum Gasteiger partial charge on any atom is -0.495 e. The molecular weight excluding hydrogens is 440 g/mol. The van der Waals surface area contributed by atoms with Gasteiger partial charge in [0.1, 0.15) is 11.8 Å². The van der Waals surface area contributed by atoms with Crippen LogP contribution in [0.25, 0.3) is 0 Å². The number of nitriles is 1. The zero-order valence-corrected chi connectivity index (χ0v) is 20.2. The minimum absolute atomic E-state index is 0.00111. The van der Waals surface area contributed by atoms with Crippen LogP contribution < -0.4 is 15.4 Å². The summed E-state index contributed by atoms with van der Waals surface area (Å²) in [6.07, 6.45) is 6.38. The summed E-state index contributed by atoms with van der Waals surface area (Å²) in [5, 5.41) is 15.7. The molecular formula is C25H35ClN4O3. The van der Waals surface area contributed by atoms with Crippen LogP contribution in [-0.2, 0) is 9.53 Å². The number of alkyl halides is 1. The van der Waals surface area contributed by atoms with Crippen molar-refractivity contribution in [2.75, 3.05) is 45.2 Å². The minimum atomic E-state index is -0.117. The number of piperidine rings is 2. The second-order valence-electron chi connectivity index (χ2n) is 9.51. The van der Waals surface area contributed by atoms with E-state index < -0.39 is 0 Å². The van der Waals surface area contributed by atoms with Gasteiger partial charge >= 0.3 is 0 Å². The van der Waals surface area contributed by atoms with Gasteiger partial charge in [0.25, 0.3) is 0 Å². The number of nitrogens with zero attached hydrogens (tertiary/aromatic N) is 2. The van der Waals surface area contributed by atoms with Gasteiger partial charge in [-0.1, -0.05) is 6.42 Å². The van der Waals surface area contributed by atoms with E-state index in [4.69, 9.17) is 26.3 Å². The molecule has 4 rings (SSSR count). The van der Waals surface area contributed by atoms with E-state index in [1.54, 1.807) is 19.2 Å². The lowest BCUT2D eigenvalue weighted by Gasteiger charge is -2.44. The topological polar surface area (TPSA) is 86.6 Å². The standard InChI is InChI=1S/C25H35ClN4O3/c1-32-23-13-20(6-5-17(23)15-27)28-16-19-11-18-12-21(26)24(14-22(18)29-25(19)31)33-10-9-30-7-3-2-4-8-30/h5-6,13,18-19,21-22,24,28H,2-4,7-12,14,16H2,1H3,(H,29,31). The molecule has 5 unspecified atom stereocenters. The molecule has 7 nitrogen and oxygen atoms in total. The Labute approximate surface area is 201 Å². The molecule has 1 amide bonds. The molecule has 2 saturated heterocycles. The molecule has 2 N–H and O–H groups in total. The van der Waals surface area contributed by atoms with Gasteiger partial charge in [-0.25, -0.2) is 0 Å². The third-order valence-corrected chi connectivity index (χ3v) is 7.79. The maximum Gasteiger partial charge on any atom is 0.225 e. The van der Waals surface area contributed by atoms with Crippen molar-refractivity contribution in [3.05, 3.63) is 23.8 Å². The van der Waals surface area contributed by atoms with E-state index in [0.29, 0.717) is 30.4 Å². The Hall–Kier alpha value is -2.01. The van der Waals surface area contributed by atoms with Crippen molar-refractivity contribution < 1.29 is 14.3 Å². The quantitative estimate of drug-likeness (QED) is 0.562. The number of carbonyl (C=O) groups is 1. The zero-order valence-electron chi connectivity index (χ0n) is 19.4. The van der Waals surface area contributed by atoms with Crippen LogP contribution in [0.5, 0.6) is 5.75 Å². The number of methoxy groups -OCH3 is 1. The number of halogens is 1. The van der Waals surface area contributed by atoms with Crippen LogP contribution in [-0.4, -0.2) is 68.2 Å². The Kier molecular flexibility index (Phi) is 8.34. The highest BCUT2D eigenvalue weighted by atomic mass is 35.5. The largest absolute Gasteiger partial charge is 0.495 e. The van der Waals surface area contributed by atoms with Crippen LogP contribution in [0.4, 0.5) is 5.69 Å². The smallest absolute Gasteiger partial charge is 0.225 e. The molecule has 1 aromatic rings. The number of amides is 1. The average molecular weight is 475 g/mol. The first-order valence-electron chi connectivity index (χ1n) is 12.2. The molecule has 3 aliphatic rings. The highest BCUT2D eigenvalue weighted by Crippen LogP contribution is 2.37. The van der Waals surface area contributed by atoms with Gasteiger partial charge < -0.3 is 25.0 Å². The number of ether oxygens (including phenoxy) is 2. The molecule has 3 fully saturated rings. The number of benzene rings is 1. The van der Waals surface area contributed by atoms with Crippen LogP contribution in [0.2, 0.25) is 0 Å². The van der Waals surface area contributed by atoms with E-state index in [1.807, 2.05) is 6.07 Å². The SMILES string of the molecule is COc1cc(NCC2CC3CC(Cl)C(OCCN4CCCCC4)CC3NC2=O)ccc1C#N. The lowest BCUT2D eigenvalue weighted by Crippen LogP contribution is -2.56. The fourth-order valence-corrected chi connectivity index (χ4v) is 5.81. The maximum absolute atomic E-state index is 12.8. The van der Waals surface area contributed by atoms with Crippen LogP contribution in [0, 0.1) is 23.2 Å². The number of fused-ring (bicyclic) bond motifs is 1. The fraction of sp³-hybridized carbons (Fsp3) is 0.680. The van der Waals surface area contributed by atoms with Gasteiger partial charge in [-0.3, -0.25) is 4.79 Å². The summed E-state index contributed by atoms with van der Waals surface area (Å²) in [7, 11) is 1.55. The highest BCUT2D eigenvalue weighted by molar-refractivity contribution is 6.21. The highest BCUT2D eigenvalue weighted by Gasteiger charge is 2.43. The lowest BCUT2D eigenvalue weighted by atomic mass is 9.74. The van der Waals surface area contributed by atoms with Gasteiger partial charge in [0.2, 0.25) is 5.91 Å². The Bertz CT molecular complexity index is 855. The van der Waals surface area contributed by atoms with Crippen molar-refractivity contribution in [2.24, 2.45) is 11.8 Å². The molecule has 1 saturated carbocycles. The number of hydrogen-bond donors (Lipinski definition) is 2. The van der Waals surface area contributed by atoms with E-state index in [1.165, 1.54) is 32.4 Å². The third kappa shape index (κ3) is 6.11. The Morgan fingerprint density at radius 1 is 1.24 bits per heavy atom. The number of nitrogens with one attached hydrogen (secondary N) is 2. The fourth-order valence-electron chi connectivity index (χ4n) is 5.41. The monoisotopic (exact) mass is 474 g/mol. The number of likely N-dealkylation sites (tertiary alicyclic amines) is 1. The summed E-state index contributed by atoms with van der Waals surface area (Å²) in [6.45, 7) is 4.55. The van der Waals surface area contributed by atoms with Crippen molar-refractivity contribution >= 4 is 23.2 Å². The lowest BCUT2D eigenvalue weighted by molar-refractivity contribution is -0.130. The van der Waals surface area contributed by atoms with Gasteiger partial charge in [0.15, 0.2) is 0 Å². The molecule has 0 bridgehead atoms. The predicted molar refractivity (Wildman–Crippen MR) is 129 cm³/mol. The van der Waals surface area contributed by atoms with Crippen molar-refractivity contribution in [2.45, 2.75) is 56.0 Å². The summed E-state index contributed by atoms with van der Waals surface area (Å²) in [4.78, 5) is 15.3. The number of carbonyl (C=O) groups excluding carboxylic acids is 1. The van der Waals surface area contributed by atoms with Gasteiger partial charge in [-0.05, 0) is 63.2 Å². The zero-order chi connectivity index (χ0) is 23.2. The molecule has 0 radical (unpaired) electrons. The first-order valence-corrected chi connectivity index (χ1v) is 12.6. The van der Waals surface area contributed by atoms with E-state index >= 15 is 0 Å². The molecule has 180 valence electrons. The van der Waals surface area contributed by atoms with Gasteiger partial charge in [0.05, 0.1) is 36.7 Å². The Balaban J connectivity index is 1.25. The first kappa shape index (κ1) is 24.1. The molecule has 0 spiro atoms. The summed E-state index contributed by atoms with van der Waals surface area (Å²) in [6, 6.07) is 7.61. The molecule has 1 aromatic carbocycles. The predicted octanol–water partition coefficient (Wildman–Crippen LogP) is 3.37. The Morgan fingerprint density at radius 3 is 2.82 bits per heavy atom. The second kappa shape index (κ2) is 11.4. The van der Waals surface area contributed by atoms with Crippen LogP contribution >= 0.6 is 11.6 Å². The maximum atomic E-state index is 12.8. The summed E-state index contributed by atoms with van der Waals surface area (Å²) < 4.78 is 11.5. The number of anilines is 1. The molecule has 5 atom stereocenters. The molecule has 8 heteroatoms. The van der Waals surface area contributed by atoms with Crippen molar-refractivity contribution in [3.63, 3.8) is 0 Å². The van der Waals surface area contributed by atoms with Gasteiger partial charge in [0, 0.05) is 30.9 Å². The van der Waals surface area contributed by atoms with Crippen LogP contribution in [0.3, 0.4) is 0 Å². The second-order valence-corrected chi connectivity index (χ2v) is 10.1. The van der Waals surface area contributed by atoms with E-state index in [2.05, 4.69) is 21.6 Å². The summed E-state index contributed by atoms with van der Waals surface area (Å²) >= 11 is 6.74. The van der Waals surface area contributed by atoms with E-state index in [-0.39, 0.29) is 29.3 Å². The normalized spacial score (nSPS) is 30.1. The van der Waals surface area contributed by atoms with Crippen LogP contribution in [0.15, 0.2) is 18.2 Å². The number of hydrogen-bond acceptors (Lipinski definition) is 6. The molecule has 33 heavy (non-hydrogen) atoms. The molecule has 1 aliphatic carbocycles. The van der Waals surface area contributed by atoms with E-state index in [0.717, 1.165) is 31.5 Å². The summed E-state index contributed by atoms with van der Waals surface area (Å²) in [5.41, 5.74) is 1.33. The van der Waals surface area contributed by atoms with Crippen molar-refractivity contribution in [1.82, 2.24) is 10.2 Å². The number of rotatable bonds is 8. The Morgan fingerprint density at radius 2 is 2.06 bits per heavy atom. The first-order chi connectivity index (χ1) is 16.1. The van der Waals surface area contributed by atoms with Crippen molar-refractivity contribution in [3.8, 4) is 11.8 Å². The molecule has 0 aromatic heterocycles. The van der Waals surface area contributed by atoms with Crippen LogP contribution in [0.1, 0.15) is 44.1 Å². The average Bonchev–Trinajstić information content (AvgIpc) is 2.84.